The fourth-order valence-electron chi connectivity index (χ4n) is 2.98. The van der Waals surface area contributed by atoms with Gasteiger partial charge in [0.25, 0.3) is 0 Å². The fourth-order valence-corrected chi connectivity index (χ4v) is 2.98. The molecule has 0 aromatic heterocycles. The van der Waals surface area contributed by atoms with Crippen LogP contribution >= 0.6 is 0 Å². The van der Waals surface area contributed by atoms with Crippen LogP contribution in [-0.4, -0.2) is 42.4 Å². The van der Waals surface area contributed by atoms with Gasteiger partial charge in [-0.05, 0) is 30.4 Å². The highest BCUT2D eigenvalue weighted by Crippen LogP contribution is 2.29. The Morgan fingerprint density at radius 2 is 2.04 bits per heavy atom. The van der Waals surface area contributed by atoms with Crippen LogP contribution in [-0.2, 0) is 9.59 Å². The zero-order valence-electron chi connectivity index (χ0n) is 14.2. The molecule has 2 amide bonds. The minimum atomic E-state index is -0.568. The van der Waals surface area contributed by atoms with E-state index in [9.17, 15) is 9.59 Å². The number of likely N-dealkylation sites (tertiary alicyclic amines) is 1. The van der Waals surface area contributed by atoms with Gasteiger partial charge in [-0.25, -0.2) is 0 Å². The topological polar surface area (TPSA) is 75.4 Å². The molecule has 5 nitrogen and oxygen atoms in total. The van der Waals surface area contributed by atoms with Gasteiger partial charge in [-0.3, -0.25) is 9.59 Å². The average Bonchev–Trinajstić information content (AvgIpc) is 3.01. The van der Waals surface area contributed by atoms with Crippen molar-refractivity contribution in [3.8, 4) is 0 Å². The lowest BCUT2D eigenvalue weighted by atomic mass is 9.94. The molecule has 0 radical (unpaired) electrons. The summed E-state index contributed by atoms with van der Waals surface area (Å²) in [6.07, 6.45) is 0.968. The maximum absolute atomic E-state index is 12.3. The van der Waals surface area contributed by atoms with Crippen LogP contribution in [0.25, 0.3) is 0 Å². The quantitative estimate of drug-likeness (QED) is 0.862. The first kappa shape index (κ1) is 17.5. The molecule has 0 bridgehead atoms. The summed E-state index contributed by atoms with van der Waals surface area (Å²) in [6, 6.07) is 7.75. The number of carbonyl (C=O) groups is 2. The van der Waals surface area contributed by atoms with Gasteiger partial charge in [-0.2, -0.15) is 0 Å². The van der Waals surface area contributed by atoms with Crippen molar-refractivity contribution in [1.82, 2.24) is 10.2 Å². The van der Waals surface area contributed by atoms with Gasteiger partial charge in [-0.15, -0.1) is 0 Å². The molecule has 2 rings (SSSR count). The van der Waals surface area contributed by atoms with Crippen molar-refractivity contribution in [2.45, 2.75) is 39.2 Å². The Morgan fingerprint density at radius 3 is 2.70 bits per heavy atom. The number of hydrogen-bond donors (Lipinski definition) is 2. The maximum Gasteiger partial charge on any atom is 0.241 e. The summed E-state index contributed by atoms with van der Waals surface area (Å²) >= 11 is 0. The lowest BCUT2D eigenvalue weighted by Crippen LogP contribution is -2.47. The minimum absolute atomic E-state index is 0.0275. The highest BCUT2D eigenvalue weighted by molar-refractivity contribution is 5.87. The molecular weight excluding hydrogens is 290 g/mol. The average molecular weight is 317 g/mol. The molecule has 23 heavy (non-hydrogen) atoms. The van der Waals surface area contributed by atoms with E-state index in [4.69, 9.17) is 5.73 Å². The number of rotatable bonds is 5. The molecule has 1 aliphatic heterocycles. The van der Waals surface area contributed by atoms with Gasteiger partial charge in [-0.1, -0.05) is 38.1 Å². The molecule has 1 heterocycles. The summed E-state index contributed by atoms with van der Waals surface area (Å²) in [5, 5.41) is 2.65. The van der Waals surface area contributed by atoms with E-state index < -0.39 is 6.04 Å². The lowest BCUT2D eigenvalue weighted by molar-refractivity contribution is -0.132. The van der Waals surface area contributed by atoms with Gasteiger partial charge in [0.2, 0.25) is 11.8 Å². The first-order valence-electron chi connectivity index (χ1n) is 8.26. The molecule has 1 unspecified atom stereocenters. The van der Waals surface area contributed by atoms with Crippen LogP contribution < -0.4 is 11.1 Å². The monoisotopic (exact) mass is 317 g/mol. The summed E-state index contributed by atoms with van der Waals surface area (Å²) in [7, 11) is 0. The van der Waals surface area contributed by atoms with Crippen molar-refractivity contribution in [1.29, 1.82) is 0 Å². The molecule has 1 aromatic carbocycles. The van der Waals surface area contributed by atoms with Crippen LogP contribution in [0.5, 0.6) is 0 Å². The van der Waals surface area contributed by atoms with E-state index in [0.717, 1.165) is 19.5 Å². The molecule has 126 valence electrons. The molecule has 1 fully saturated rings. The van der Waals surface area contributed by atoms with Crippen molar-refractivity contribution < 1.29 is 9.59 Å². The standard InChI is InChI=1S/C18H27N3O2/c1-12(2)17(19)18(23)20-10-16(22)21-9-8-14(11-21)15-7-5-4-6-13(15)3/h4-7,12,14,17H,8-11,19H2,1-3H3,(H,20,23)/t14?,17-/m0/s1. The molecule has 2 atom stereocenters. The van der Waals surface area contributed by atoms with Crippen molar-refractivity contribution in [3.05, 3.63) is 35.4 Å². The third-order valence-corrected chi connectivity index (χ3v) is 4.60. The first-order valence-corrected chi connectivity index (χ1v) is 8.26. The summed E-state index contributed by atoms with van der Waals surface area (Å²) in [5.74, 6) is 0.143. The van der Waals surface area contributed by atoms with Gasteiger partial charge in [0.1, 0.15) is 0 Å². The van der Waals surface area contributed by atoms with E-state index in [1.165, 1.54) is 11.1 Å². The number of benzene rings is 1. The second-order valence-electron chi connectivity index (χ2n) is 6.67. The highest BCUT2D eigenvalue weighted by Gasteiger charge is 2.28. The third-order valence-electron chi connectivity index (χ3n) is 4.60. The smallest absolute Gasteiger partial charge is 0.241 e. The van der Waals surface area contributed by atoms with E-state index >= 15 is 0 Å². The normalized spacial score (nSPS) is 19.0. The second-order valence-corrected chi connectivity index (χ2v) is 6.67. The molecule has 1 aliphatic rings. The third kappa shape index (κ3) is 4.32. The zero-order valence-corrected chi connectivity index (χ0v) is 14.2. The maximum atomic E-state index is 12.3. The molecule has 0 saturated carbocycles. The van der Waals surface area contributed by atoms with Gasteiger partial charge in [0.15, 0.2) is 0 Å². The number of aryl methyl sites for hydroxylation is 1. The van der Waals surface area contributed by atoms with Crippen molar-refractivity contribution in [3.63, 3.8) is 0 Å². The van der Waals surface area contributed by atoms with Gasteiger partial charge in [0.05, 0.1) is 12.6 Å². The SMILES string of the molecule is Cc1ccccc1C1CCN(C(=O)CNC(=O)[C@@H](N)C(C)C)C1. The molecular formula is C18H27N3O2. The molecule has 3 N–H and O–H groups in total. The van der Waals surface area contributed by atoms with Crippen LogP contribution in [0.1, 0.15) is 37.3 Å². The molecule has 1 aromatic rings. The van der Waals surface area contributed by atoms with E-state index in [0.29, 0.717) is 5.92 Å². The Bertz CT molecular complexity index is 571. The largest absolute Gasteiger partial charge is 0.346 e. The zero-order chi connectivity index (χ0) is 17.0. The van der Waals surface area contributed by atoms with Crippen molar-refractivity contribution >= 4 is 11.8 Å². The van der Waals surface area contributed by atoms with Gasteiger partial charge >= 0.3 is 0 Å². The molecule has 0 aliphatic carbocycles. The number of hydrogen-bond acceptors (Lipinski definition) is 3. The van der Waals surface area contributed by atoms with Crippen molar-refractivity contribution in [2.75, 3.05) is 19.6 Å². The van der Waals surface area contributed by atoms with Gasteiger partial charge < -0.3 is 16.0 Å². The Hall–Kier alpha value is -1.88. The summed E-state index contributed by atoms with van der Waals surface area (Å²) in [6.45, 7) is 7.37. The van der Waals surface area contributed by atoms with E-state index in [1.807, 2.05) is 30.9 Å². The van der Waals surface area contributed by atoms with Crippen LogP contribution in [0.4, 0.5) is 0 Å². The van der Waals surface area contributed by atoms with Crippen LogP contribution in [0.15, 0.2) is 24.3 Å². The van der Waals surface area contributed by atoms with E-state index in [1.54, 1.807) is 0 Å². The first-order chi connectivity index (χ1) is 10.9. The summed E-state index contributed by atoms with van der Waals surface area (Å²) in [4.78, 5) is 25.9. The number of nitrogens with zero attached hydrogens (tertiary/aromatic N) is 1. The van der Waals surface area contributed by atoms with Crippen molar-refractivity contribution in [2.24, 2.45) is 11.7 Å². The molecule has 0 spiro atoms. The van der Waals surface area contributed by atoms with E-state index in [-0.39, 0.29) is 24.3 Å². The molecule has 5 heteroatoms. The lowest BCUT2D eigenvalue weighted by Gasteiger charge is -2.19. The van der Waals surface area contributed by atoms with Gasteiger partial charge in [0, 0.05) is 19.0 Å². The van der Waals surface area contributed by atoms with Crippen LogP contribution in [0.3, 0.4) is 0 Å². The number of nitrogens with two attached hydrogens (primary N) is 1. The summed E-state index contributed by atoms with van der Waals surface area (Å²) in [5.41, 5.74) is 8.36. The fraction of sp³-hybridized carbons (Fsp3) is 0.556. The Morgan fingerprint density at radius 1 is 1.35 bits per heavy atom. The Balaban J connectivity index is 1.86. The predicted molar refractivity (Wildman–Crippen MR) is 90.9 cm³/mol. The molecule has 1 saturated heterocycles. The van der Waals surface area contributed by atoms with Crippen LogP contribution in [0, 0.1) is 12.8 Å². The second kappa shape index (κ2) is 7.59. The highest BCUT2D eigenvalue weighted by atomic mass is 16.2. The Labute approximate surface area is 138 Å². The summed E-state index contributed by atoms with van der Waals surface area (Å²) < 4.78 is 0. The number of amides is 2. The Kier molecular flexibility index (Phi) is 5.77. The number of carbonyl (C=O) groups excluding carboxylic acids is 2. The van der Waals surface area contributed by atoms with E-state index in [2.05, 4.69) is 24.4 Å². The number of nitrogens with one attached hydrogen (secondary N) is 1. The van der Waals surface area contributed by atoms with Crippen LogP contribution in [0.2, 0.25) is 0 Å². The predicted octanol–water partition coefficient (Wildman–Crippen LogP) is 1.41. The minimum Gasteiger partial charge on any atom is -0.346 e.